The SMILES string of the molecule is CC(CNc1ccccc1Cl)C(N)=O. The van der Waals surface area contributed by atoms with Crippen LogP contribution in [0.2, 0.25) is 5.02 Å². The van der Waals surface area contributed by atoms with Crippen LogP contribution in [0.15, 0.2) is 24.3 Å². The van der Waals surface area contributed by atoms with Crippen LogP contribution < -0.4 is 11.1 Å². The third-order valence-electron chi connectivity index (χ3n) is 1.96. The molecule has 3 nitrogen and oxygen atoms in total. The molecule has 0 aliphatic carbocycles. The molecule has 0 aliphatic heterocycles. The number of rotatable bonds is 4. The number of hydrogen-bond acceptors (Lipinski definition) is 2. The fourth-order valence-corrected chi connectivity index (χ4v) is 1.17. The van der Waals surface area contributed by atoms with Gasteiger partial charge >= 0.3 is 0 Å². The highest BCUT2D eigenvalue weighted by Gasteiger charge is 2.08. The van der Waals surface area contributed by atoms with Gasteiger partial charge in [-0.15, -0.1) is 0 Å². The van der Waals surface area contributed by atoms with Gasteiger partial charge < -0.3 is 11.1 Å². The molecule has 0 saturated heterocycles. The van der Waals surface area contributed by atoms with Crippen molar-refractivity contribution in [1.82, 2.24) is 0 Å². The van der Waals surface area contributed by atoms with Crippen LogP contribution in [0.1, 0.15) is 6.92 Å². The molecule has 0 bridgehead atoms. The lowest BCUT2D eigenvalue weighted by molar-refractivity contribution is -0.120. The Morgan fingerprint density at radius 3 is 2.79 bits per heavy atom. The number of amides is 1. The molecule has 14 heavy (non-hydrogen) atoms. The van der Waals surface area contributed by atoms with Gasteiger partial charge in [0.15, 0.2) is 0 Å². The maximum absolute atomic E-state index is 10.8. The van der Waals surface area contributed by atoms with Crippen molar-refractivity contribution in [2.45, 2.75) is 6.92 Å². The summed E-state index contributed by atoms with van der Waals surface area (Å²) in [6.45, 7) is 2.27. The molecule has 3 N–H and O–H groups in total. The first-order chi connectivity index (χ1) is 6.61. The number of carbonyl (C=O) groups is 1. The Hall–Kier alpha value is -1.22. The summed E-state index contributed by atoms with van der Waals surface area (Å²) in [6.07, 6.45) is 0. The van der Waals surface area contributed by atoms with Crippen LogP contribution in [0.5, 0.6) is 0 Å². The number of nitrogens with two attached hydrogens (primary N) is 1. The van der Waals surface area contributed by atoms with E-state index >= 15 is 0 Å². The van der Waals surface area contributed by atoms with Gasteiger partial charge in [-0.2, -0.15) is 0 Å². The fourth-order valence-electron chi connectivity index (χ4n) is 0.968. The van der Waals surface area contributed by atoms with E-state index in [0.717, 1.165) is 5.69 Å². The summed E-state index contributed by atoms with van der Waals surface area (Å²) in [5, 5.41) is 3.70. The number of halogens is 1. The third kappa shape index (κ3) is 2.92. The Balaban J connectivity index is 2.54. The monoisotopic (exact) mass is 212 g/mol. The summed E-state index contributed by atoms with van der Waals surface area (Å²) >= 11 is 5.91. The zero-order valence-corrected chi connectivity index (χ0v) is 8.71. The van der Waals surface area contributed by atoms with Crippen LogP contribution >= 0.6 is 11.6 Å². The highest BCUT2D eigenvalue weighted by Crippen LogP contribution is 2.20. The molecule has 1 aromatic rings. The zero-order chi connectivity index (χ0) is 10.6. The normalized spacial score (nSPS) is 12.1. The third-order valence-corrected chi connectivity index (χ3v) is 2.29. The number of para-hydroxylation sites is 1. The minimum absolute atomic E-state index is 0.203. The molecule has 0 aliphatic rings. The van der Waals surface area contributed by atoms with E-state index in [1.54, 1.807) is 13.0 Å². The Bertz CT molecular complexity index is 328. The molecular weight excluding hydrogens is 200 g/mol. The minimum Gasteiger partial charge on any atom is -0.383 e. The zero-order valence-electron chi connectivity index (χ0n) is 7.96. The summed E-state index contributed by atoms with van der Waals surface area (Å²) in [5.41, 5.74) is 5.95. The molecule has 4 heteroatoms. The average molecular weight is 213 g/mol. The van der Waals surface area contributed by atoms with Crippen LogP contribution in [0, 0.1) is 5.92 Å². The van der Waals surface area contributed by atoms with Gasteiger partial charge in [0.25, 0.3) is 0 Å². The second-order valence-electron chi connectivity index (χ2n) is 3.16. The van der Waals surface area contributed by atoms with Gasteiger partial charge in [-0.3, -0.25) is 4.79 Å². The van der Waals surface area contributed by atoms with E-state index in [4.69, 9.17) is 17.3 Å². The molecule has 0 fully saturated rings. The summed E-state index contributed by atoms with van der Waals surface area (Å²) in [6, 6.07) is 7.38. The van der Waals surface area contributed by atoms with Gasteiger partial charge in [0, 0.05) is 6.54 Å². The van der Waals surface area contributed by atoms with Gasteiger partial charge in [-0.1, -0.05) is 30.7 Å². The lowest BCUT2D eigenvalue weighted by Crippen LogP contribution is -2.26. The molecule has 1 rings (SSSR count). The van der Waals surface area contributed by atoms with Crippen molar-refractivity contribution in [2.75, 3.05) is 11.9 Å². The van der Waals surface area contributed by atoms with Crippen molar-refractivity contribution in [3.05, 3.63) is 29.3 Å². The molecule has 0 aromatic heterocycles. The van der Waals surface area contributed by atoms with Gasteiger partial charge in [0.2, 0.25) is 5.91 Å². The van der Waals surface area contributed by atoms with Crippen LogP contribution in [0.25, 0.3) is 0 Å². The Morgan fingerprint density at radius 1 is 1.57 bits per heavy atom. The van der Waals surface area contributed by atoms with Crippen molar-refractivity contribution in [3.63, 3.8) is 0 Å². The first-order valence-electron chi connectivity index (χ1n) is 4.39. The van der Waals surface area contributed by atoms with Crippen LogP contribution in [0.4, 0.5) is 5.69 Å². The molecule has 0 spiro atoms. The predicted octanol–water partition coefficient (Wildman–Crippen LogP) is 1.87. The van der Waals surface area contributed by atoms with E-state index in [0.29, 0.717) is 11.6 Å². The lowest BCUT2D eigenvalue weighted by atomic mass is 10.1. The number of primary amides is 1. The molecular formula is C10H13ClN2O. The highest BCUT2D eigenvalue weighted by molar-refractivity contribution is 6.33. The van der Waals surface area contributed by atoms with Gasteiger partial charge in [-0.05, 0) is 12.1 Å². The average Bonchev–Trinajstić information content (AvgIpc) is 2.16. The van der Waals surface area contributed by atoms with Gasteiger partial charge in [0.05, 0.1) is 16.6 Å². The topological polar surface area (TPSA) is 55.1 Å². The predicted molar refractivity (Wildman–Crippen MR) is 58.3 cm³/mol. The second-order valence-corrected chi connectivity index (χ2v) is 3.57. The summed E-state index contributed by atoms with van der Waals surface area (Å²) < 4.78 is 0. The molecule has 1 atom stereocenters. The molecule has 1 aromatic carbocycles. The van der Waals surface area contributed by atoms with Crippen LogP contribution in [-0.2, 0) is 4.79 Å². The van der Waals surface area contributed by atoms with E-state index in [-0.39, 0.29) is 11.8 Å². The van der Waals surface area contributed by atoms with Crippen molar-refractivity contribution in [1.29, 1.82) is 0 Å². The molecule has 76 valence electrons. The second kappa shape index (κ2) is 4.86. The largest absolute Gasteiger partial charge is 0.383 e. The first-order valence-corrected chi connectivity index (χ1v) is 4.76. The van der Waals surface area contributed by atoms with Gasteiger partial charge in [-0.25, -0.2) is 0 Å². The number of nitrogens with one attached hydrogen (secondary N) is 1. The number of benzene rings is 1. The van der Waals surface area contributed by atoms with Crippen molar-refractivity contribution >= 4 is 23.2 Å². The molecule has 0 saturated carbocycles. The van der Waals surface area contributed by atoms with E-state index in [9.17, 15) is 4.79 Å². The molecule has 1 unspecified atom stereocenters. The summed E-state index contributed by atoms with van der Waals surface area (Å²) in [4.78, 5) is 10.8. The van der Waals surface area contributed by atoms with Crippen LogP contribution in [0.3, 0.4) is 0 Å². The number of hydrogen-bond donors (Lipinski definition) is 2. The highest BCUT2D eigenvalue weighted by atomic mass is 35.5. The van der Waals surface area contributed by atoms with Crippen LogP contribution in [-0.4, -0.2) is 12.5 Å². The van der Waals surface area contributed by atoms with E-state index < -0.39 is 0 Å². The van der Waals surface area contributed by atoms with Crippen molar-refractivity contribution < 1.29 is 4.79 Å². The quantitative estimate of drug-likeness (QED) is 0.801. The van der Waals surface area contributed by atoms with Crippen molar-refractivity contribution in [3.8, 4) is 0 Å². The van der Waals surface area contributed by atoms with Gasteiger partial charge in [0.1, 0.15) is 0 Å². The van der Waals surface area contributed by atoms with E-state index in [1.807, 2.05) is 18.2 Å². The molecule has 1 amide bonds. The standard InChI is InChI=1S/C10H13ClN2O/c1-7(10(12)14)6-13-9-5-3-2-4-8(9)11/h2-5,7,13H,6H2,1H3,(H2,12,14). The Morgan fingerprint density at radius 2 is 2.21 bits per heavy atom. The molecule has 0 heterocycles. The maximum atomic E-state index is 10.8. The van der Waals surface area contributed by atoms with Crippen molar-refractivity contribution in [2.24, 2.45) is 11.7 Å². The smallest absolute Gasteiger partial charge is 0.222 e. The van der Waals surface area contributed by atoms with E-state index in [2.05, 4.69) is 5.32 Å². The summed E-state index contributed by atoms with van der Waals surface area (Å²) in [7, 11) is 0. The van der Waals surface area contributed by atoms with E-state index in [1.165, 1.54) is 0 Å². The first kappa shape index (κ1) is 10.9. The fraction of sp³-hybridized carbons (Fsp3) is 0.300. The minimum atomic E-state index is -0.315. The Kier molecular flexibility index (Phi) is 3.77. The number of anilines is 1. The Labute approximate surface area is 88.2 Å². The maximum Gasteiger partial charge on any atom is 0.222 e. The number of carbonyl (C=O) groups excluding carboxylic acids is 1. The summed E-state index contributed by atoms with van der Waals surface area (Å²) in [5.74, 6) is -0.518. The molecule has 0 radical (unpaired) electrons. The lowest BCUT2D eigenvalue weighted by Gasteiger charge is -2.11.